The van der Waals surface area contributed by atoms with Crippen LogP contribution in [0, 0.1) is 16.0 Å². The molecule has 2 aromatic rings. The molecular weight excluding hydrogens is 377 g/mol. The van der Waals surface area contributed by atoms with Crippen LogP contribution >= 0.6 is 0 Å². The van der Waals surface area contributed by atoms with Crippen LogP contribution in [0.4, 0.5) is 24.5 Å². The summed E-state index contributed by atoms with van der Waals surface area (Å²) in [5, 5.41) is 11.3. The molecule has 0 spiro atoms. The summed E-state index contributed by atoms with van der Waals surface area (Å²) in [5.74, 6) is -0.314. The average Bonchev–Trinajstić information content (AvgIpc) is 2.67. The summed E-state index contributed by atoms with van der Waals surface area (Å²) in [5.41, 5.74) is -1.54. The van der Waals surface area contributed by atoms with Crippen molar-refractivity contribution in [2.24, 2.45) is 5.92 Å². The van der Waals surface area contributed by atoms with Crippen molar-refractivity contribution in [1.82, 2.24) is 0 Å². The van der Waals surface area contributed by atoms with Crippen molar-refractivity contribution in [3.05, 3.63) is 64.2 Å². The Morgan fingerprint density at radius 2 is 1.75 bits per heavy atom. The summed E-state index contributed by atoms with van der Waals surface area (Å²) >= 11 is 0. The number of anilines is 1. The number of benzene rings is 2. The lowest BCUT2D eigenvalue weighted by atomic mass is 9.96. The smallest absolute Gasteiger partial charge is 0.416 e. The Kier molecular flexibility index (Phi) is 5.53. The van der Waals surface area contributed by atoms with E-state index in [-0.39, 0.29) is 17.6 Å². The highest BCUT2D eigenvalue weighted by Gasteiger charge is 2.35. The molecule has 148 valence electrons. The van der Waals surface area contributed by atoms with Crippen LogP contribution in [-0.4, -0.2) is 24.0 Å². The number of piperidine rings is 1. The molecule has 1 saturated heterocycles. The zero-order valence-corrected chi connectivity index (χ0v) is 14.7. The number of rotatable bonds is 4. The van der Waals surface area contributed by atoms with E-state index < -0.39 is 22.4 Å². The minimum atomic E-state index is -4.66. The van der Waals surface area contributed by atoms with Gasteiger partial charge >= 0.3 is 12.1 Å². The highest BCUT2D eigenvalue weighted by atomic mass is 19.4. The minimum Gasteiger partial charge on any atom is -0.426 e. The topological polar surface area (TPSA) is 72.7 Å². The Morgan fingerprint density at radius 3 is 2.32 bits per heavy atom. The van der Waals surface area contributed by atoms with E-state index >= 15 is 0 Å². The van der Waals surface area contributed by atoms with Crippen molar-refractivity contribution < 1.29 is 27.6 Å². The van der Waals surface area contributed by atoms with Crippen molar-refractivity contribution in [3.63, 3.8) is 0 Å². The Hall–Kier alpha value is -3.10. The van der Waals surface area contributed by atoms with Crippen molar-refractivity contribution >= 4 is 17.3 Å². The second-order valence-corrected chi connectivity index (χ2v) is 6.45. The summed E-state index contributed by atoms with van der Waals surface area (Å²) in [6.07, 6.45) is -3.87. The predicted octanol–water partition coefficient (Wildman–Crippen LogP) is 4.44. The summed E-state index contributed by atoms with van der Waals surface area (Å²) in [4.78, 5) is 24.3. The number of hydrogen-bond acceptors (Lipinski definition) is 5. The molecule has 0 aromatic heterocycles. The molecule has 0 saturated carbocycles. The van der Waals surface area contributed by atoms with E-state index in [1.165, 1.54) is 0 Å². The number of para-hydroxylation sites is 1. The molecule has 1 aliphatic rings. The molecule has 6 nitrogen and oxygen atoms in total. The Labute approximate surface area is 158 Å². The van der Waals surface area contributed by atoms with E-state index in [2.05, 4.69) is 0 Å². The van der Waals surface area contributed by atoms with Crippen LogP contribution in [0.3, 0.4) is 0 Å². The van der Waals surface area contributed by atoms with E-state index in [4.69, 9.17) is 4.74 Å². The Bertz CT molecular complexity index is 863. The molecule has 0 N–H and O–H groups in total. The molecule has 0 radical (unpaired) electrons. The highest BCUT2D eigenvalue weighted by molar-refractivity contribution is 5.76. The monoisotopic (exact) mass is 394 g/mol. The zero-order chi connectivity index (χ0) is 20.3. The first-order valence-electron chi connectivity index (χ1n) is 8.63. The van der Waals surface area contributed by atoms with Crippen LogP contribution in [0.1, 0.15) is 18.4 Å². The molecule has 0 unspecified atom stereocenters. The van der Waals surface area contributed by atoms with Gasteiger partial charge in [-0.15, -0.1) is 0 Å². The molecule has 1 aliphatic heterocycles. The molecule has 0 amide bonds. The number of hydrogen-bond donors (Lipinski definition) is 0. The normalized spacial score (nSPS) is 15.3. The van der Waals surface area contributed by atoms with Crippen LogP contribution in [-0.2, 0) is 11.0 Å². The molecule has 0 aliphatic carbocycles. The van der Waals surface area contributed by atoms with Gasteiger partial charge in [-0.25, -0.2) is 0 Å². The number of ether oxygens (including phenoxy) is 1. The van der Waals surface area contributed by atoms with Crippen LogP contribution in [0.25, 0.3) is 0 Å². The summed E-state index contributed by atoms with van der Waals surface area (Å²) in [6.45, 7) is 0.613. The number of carbonyl (C=O) groups excluding carboxylic acids is 1. The van der Waals surface area contributed by atoms with Gasteiger partial charge in [-0.05, 0) is 37.1 Å². The second kappa shape index (κ2) is 7.87. The van der Waals surface area contributed by atoms with E-state index in [0.717, 1.165) is 12.1 Å². The third-order valence-electron chi connectivity index (χ3n) is 4.63. The molecule has 28 heavy (non-hydrogen) atoms. The molecule has 9 heteroatoms. The first kappa shape index (κ1) is 19.7. The number of nitro groups is 1. The van der Waals surface area contributed by atoms with Gasteiger partial charge in [0.15, 0.2) is 0 Å². The fourth-order valence-electron chi connectivity index (χ4n) is 3.16. The van der Waals surface area contributed by atoms with Gasteiger partial charge in [-0.2, -0.15) is 13.2 Å². The summed E-state index contributed by atoms with van der Waals surface area (Å²) < 4.78 is 43.8. The first-order chi connectivity index (χ1) is 13.3. The zero-order valence-electron chi connectivity index (χ0n) is 14.7. The number of alkyl halides is 3. The lowest BCUT2D eigenvalue weighted by Crippen LogP contribution is -2.38. The van der Waals surface area contributed by atoms with Crippen molar-refractivity contribution in [3.8, 4) is 5.75 Å². The van der Waals surface area contributed by atoms with Crippen LogP contribution in [0.2, 0.25) is 0 Å². The van der Waals surface area contributed by atoms with E-state index in [9.17, 15) is 28.1 Å². The molecule has 0 atom stereocenters. The summed E-state index contributed by atoms with van der Waals surface area (Å²) in [7, 11) is 0. The van der Waals surface area contributed by atoms with Crippen LogP contribution in [0.5, 0.6) is 5.75 Å². The largest absolute Gasteiger partial charge is 0.426 e. The van der Waals surface area contributed by atoms with Crippen LogP contribution in [0.15, 0.2) is 48.5 Å². The third-order valence-corrected chi connectivity index (χ3v) is 4.63. The molecule has 1 fully saturated rings. The third kappa shape index (κ3) is 4.41. The van der Waals surface area contributed by atoms with Crippen molar-refractivity contribution in [2.75, 3.05) is 18.0 Å². The van der Waals surface area contributed by atoms with Gasteiger partial charge in [-0.1, -0.05) is 18.2 Å². The molecule has 1 heterocycles. The maximum Gasteiger partial charge on any atom is 0.416 e. The highest BCUT2D eigenvalue weighted by Crippen LogP contribution is 2.37. The lowest BCUT2D eigenvalue weighted by molar-refractivity contribution is -0.384. The average molecular weight is 394 g/mol. The van der Waals surface area contributed by atoms with Gasteiger partial charge in [0.25, 0.3) is 5.69 Å². The predicted molar refractivity (Wildman–Crippen MR) is 95.1 cm³/mol. The molecule has 2 aromatic carbocycles. The van der Waals surface area contributed by atoms with Gasteiger partial charge < -0.3 is 9.64 Å². The number of nitro benzene ring substituents is 1. The van der Waals surface area contributed by atoms with Gasteiger partial charge in [0.1, 0.15) is 11.4 Å². The number of nitrogens with zero attached hydrogens (tertiary/aromatic N) is 2. The van der Waals surface area contributed by atoms with Crippen molar-refractivity contribution in [1.29, 1.82) is 0 Å². The number of esters is 1. The molecule has 3 rings (SSSR count). The van der Waals surface area contributed by atoms with E-state index in [1.54, 1.807) is 35.2 Å². The SMILES string of the molecule is O=C(Oc1ccccc1)C1CCN(c2ccc(C(F)(F)F)cc2[N+](=O)[O-])CC1. The second-order valence-electron chi connectivity index (χ2n) is 6.45. The molecular formula is C19H17F3N2O4. The number of halogens is 3. The van der Waals surface area contributed by atoms with Crippen LogP contribution < -0.4 is 9.64 Å². The van der Waals surface area contributed by atoms with Gasteiger partial charge in [0, 0.05) is 19.2 Å². The number of carbonyl (C=O) groups is 1. The standard InChI is InChI=1S/C19H17F3N2O4/c20-19(21,22)14-6-7-16(17(12-14)24(26)27)23-10-8-13(9-11-23)18(25)28-15-4-2-1-3-5-15/h1-7,12-13H,8-11H2. The fraction of sp³-hybridized carbons (Fsp3) is 0.316. The maximum atomic E-state index is 12.8. The van der Waals surface area contributed by atoms with Gasteiger partial charge in [0.05, 0.1) is 16.4 Å². The van der Waals surface area contributed by atoms with Gasteiger partial charge in [0.2, 0.25) is 0 Å². The van der Waals surface area contributed by atoms with Crippen molar-refractivity contribution in [2.45, 2.75) is 19.0 Å². The lowest BCUT2D eigenvalue weighted by Gasteiger charge is -2.32. The summed E-state index contributed by atoms with van der Waals surface area (Å²) in [6, 6.07) is 11.1. The molecule has 0 bridgehead atoms. The van der Waals surface area contributed by atoms with E-state index in [0.29, 0.717) is 37.7 Å². The van der Waals surface area contributed by atoms with Gasteiger partial charge in [-0.3, -0.25) is 14.9 Å². The Balaban J connectivity index is 1.69. The fourth-order valence-corrected chi connectivity index (χ4v) is 3.16. The minimum absolute atomic E-state index is 0.118. The van der Waals surface area contributed by atoms with E-state index in [1.807, 2.05) is 0 Å². The maximum absolute atomic E-state index is 12.8. The Morgan fingerprint density at radius 1 is 1.11 bits per heavy atom. The first-order valence-corrected chi connectivity index (χ1v) is 8.63. The quantitative estimate of drug-likeness (QED) is 0.332.